The van der Waals surface area contributed by atoms with Crippen LogP contribution in [0.1, 0.15) is 38.8 Å². The van der Waals surface area contributed by atoms with Crippen LogP contribution >= 0.6 is 0 Å². The first kappa shape index (κ1) is 12.1. The van der Waals surface area contributed by atoms with Gasteiger partial charge in [0.15, 0.2) is 0 Å². The minimum absolute atomic E-state index is 0.0101. The van der Waals surface area contributed by atoms with E-state index in [-0.39, 0.29) is 12.0 Å². The van der Waals surface area contributed by atoms with E-state index in [1.54, 1.807) is 0 Å². The van der Waals surface area contributed by atoms with Gasteiger partial charge in [-0.15, -0.1) is 0 Å². The Morgan fingerprint density at radius 3 is 2.40 bits per heavy atom. The van der Waals surface area contributed by atoms with Crippen molar-refractivity contribution >= 4 is 0 Å². The highest BCUT2D eigenvalue weighted by Gasteiger charge is 2.22. The molecule has 1 aromatic carbocycles. The Hall–Kier alpha value is -1.02. The number of aliphatic hydroxyl groups is 1. The summed E-state index contributed by atoms with van der Waals surface area (Å²) >= 11 is 0. The van der Waals surface area contributed by atoms with Crippen molar-refractivity contribution in [2.75, 3.05) is 6.61 Å². The Morgan fingerprint density at radius 2 is 1.93 bits per heavy atom. The molecule has 1 aromatic rings. The highest BCUT2D eigenvalue weighted by atomic mass is 16.5. The number of hydrogen-bond donors (Lipinski definition) is 1. The molecular formula is C13H20O2. The topological polar surface area (TPSA) is 29.5 Å². The summed E-state index contributed by atoms with van der Waals surface area (Å²) in [6, 6.07) is 5.83. The van der Waals surface area contributed by atoms with E-state index in [9.17, 15) is 5.11 Å². The van der Waals surface area contributed by atoms with Gasteiger partial charge in [0, 0.05) is 5.56 Å². The second-order valence-corrected chi connectivity index (χ2v) is 4.63. The third-order valence-corrected chi connectivity index (χ3v) is 2.33. The van der Waals surface area contributed by atoms with Crippen LogP contribution in [0.25, 0.3) is 0 Å². The van der Waals surface area contributed by atoms with Gasteiger partial charge in [-0.2, -0.15) is 0 Å². The van der Waals surface area contributed by atoms with Crippen LogP contribution in [-0.2, 0) is 12.0 Å². The van der Waals surface area contributed by atoms with Gasteiger partial charge in [-0.3, -0.25) is 0 Å². The normalized spacial score (nSPS) is 11.5. The van der Waals surface area contributed by atoms with Gasteiger partial charge < -0.3 is 9.84 Å². The average Bonchev–Trinajstić information content (AvgIpc) is 2.16. The molecule has 0 amide bonds. The third kappa shape index (κ3) is 2.72. The zero-order chi connectivity index (χ0) is 11.5. The fourth-order valence-corrected chi connectivity index (χ4v) is 1.84. The van der Waals surface area contributed by atoms with Crippen molar-refractivity contribution in [1.82, 2.24) is 0 Å². The molecule has 0 aromatic heterocycles. The monoisotopic (exact) mass is 208 g/mol. The molecular weight excluding hydrogens is 188 g/mol. The lowest BCUT2D eigenvalue weighted by Gasteiger charge is -2.25. The molecule has 0 spiro atoms. The molecule has 0 saturated heterocycles. The summed E-state index contributed by atoms with van der Waals surface area (Å²) in [5.74, 6) is 0.886. The first-order valence-electron chi connectivity index (χ1n) is 5.36. The number of ether oxygens (including phenoxy) is 1. The molecule has 0 aliphatic rings. The second kappa shape index (κ2) is 4.67. The predicted molar refractivity (Wildman–Crippen MR) is 62.2 cm³/mol. The molecule has 0 heterocycles. The highest BCUT2D eigenvalue weighted by Crippen LogP contribution is 2.34. The summed E-state index contributed by atoms with van der Waals surface area (Å²) in [6.07, 6.45) is 0. The van der Waals surface area contributed by atoms with E-state index < -0.39 is 0 Å². The fourth-order valence-electron chi connectivity index (χ4n) is 1.84. The summed E-state index contributed by atoms with van der Waals surface area (Å²) in [5.41, 5.74) is 2.05. The van der Waals surface area contributed by atoms with Gasteiger partial charge in [-0.05, 0) is 24.0 Å². The Labute approximate surface area is 91.9 Å². The van der Waals surface area contributed by atoms with Gasteiger partial charge in [-0.25, -0.2) is 0 Å². The molecule has 0 aliphatic carbocycles. The molecule has 0 fully saturated rings. The molecule has 0 unspecified atom stereocenters. The van der Waals surface area contributed by atoms with Gasteiger partial charge in [0.25, 0.3) is 0 Å². The predicted octanol–water partition coefficient (Wildman–Crippen LogP) is 2.88. The summed E-state index contributed by atoms with van der Waals surface area (Å²) in [6.45, 7) is 9.07. The maximum absolute atomic E-state index is 9.32. The maximum atomic E-state index is 9.32. The van der Waals surface area contributed by atoms with Crippen molar-refractivity contribution in [1.29, 1.82) is 0 Å². The van der Waals surface area contributed by atoms with E-state index in [1.807, 2.05) is 25.1 Å². The van der Waals surface area contributed by atoms with Crippen LogP contribution in [0, 0.1) is 0 Å². The summed E-state index contributed by atoms with van der Waals surface area (Å²) in [5, 5.41) is 9.32. The van der Waals surface area contributed by atoms with Crippen molar-refractivity contribution in [2.24, 2.45) is 0 Å². The maximum Gasteiger partial charge on any atom is 0.123 e. The summed E-state index contributed by atoms with van der Waals surface area (Å²) in [7, 11) is 0. The van der Waals surface area contributed by atoms with E-state index in [2.05, 4.69) is 20.8 Å². The van der Waals surface area contributed by atoms with Crippen molar-refractivity contribution in [2.45, 2.75) is 39.7 Å². The third-order valence-electron chi connectivity index (χ3n) is 2.33. The van der Waals surface area contributed by atoms with Crippen LogP contribution in [0.3, 0.4) is 0 Å². The van der Waals surface area contributed by atoms with E-state index in [0.29, 0.717) is 6.61 Å². The molecule has 0 aliphatic heterocycles. The van der Waals surface area contributed by atoms with Crippen LogP contribution in [0.5, 0.6) is 5.75 Å². The Balaban J connectivity index is 3.27. The van der Waals surface area contributed by atoms with Crippen molar-refractivity contribution < 1.29 is 9.84 Å². The largest absolute Gasteiger partial charge is 0.494 e. The van der Waals surface area contributed by atoms with Gasteiger partial charge >= 0.3 is 0 Å². The fraction of sp³-hybridized carbons (Fsp3) is 0.538. The van der Waals surface area contributed by atoms with Crippen molar-refractivity contribution in [3.63, 3.8) is 0 Å². The second-order valence-electron chi connectivity index (χ2n) is 4.63. The molecule has 84 valence electrons. The first-order valence-corrected chi connectivity index (χ1v) is 5.36. The summed E-state index contributed by atoms with van der Waals surface area (Å²) in [4.78, 5) is 0. The molecule has 15 heavy (non-hydrogen) atoms. The van der Waals surface area contributed by atoms with E-state index in [4.69, 9.17) is 4.74 Å². The molecule has 1 rings (SSSR count). The smallest absolute Gasteiger partial charge is 0.123 e. The van der Waals surface area contributed by atoms with Gasteiger partial charge in [-0.1, -0.05) is 32.9 Å². The van der Waals surface area contributed by atoms with Crippen LogP contribution in [0.4, 0.5) is 0 Å². The lowest BCUT2D eigenvalue weighted by Crippen LogP contribution is -2.16. The van der Waals surface area contributed by atoms with Gasteiger partial charge in [0.1, 0.15) is 5.75 Å². The van der Waals surface area contributed by atoms with Crippen LogP contribution in [0.2, 0.25) is 0 Å². The average molecular weight is 208 g/mol. The van der Waals surface area contributed by atoms with Crippen LogP contribution in [0.15, 0.2) is 18.2 Å². The molecule has 0 bridgehead atoms. The lowest BCUT2D eigenvalue weighted by atomic mass is 9.83. The first-order chi connectivity index (χ1) is 7.00. The van der Waals surface area contributed by atoms with E-state index in [1.165, 1.54) is 0 Å². The number of benzene rings is 1. The Morgan fingerprint density at radius 1 is 1.27 bits per heavy atom. The standard InChI is InChI=1S/C13H20O2/c1-5-15-11-8-6-7-10(9-14)12(11)13(2,3)4/h6-8,14H,5,9H2,1-4H3. The zero-order valence-corrected chi connectivity index (χ0v) is 10.0. The highest BCUT2D eigenvalue weighted by molar-refractivity contribution is 5.44. The quantitative estimate of drug-likeness (QED) is 0.827. The van der Waals surface area contributed by atoms with Crippen LogP contribution < -0.4 is 4.74 Å². The molecule has 0 saturated carbocycles. The molecule has 0 radical (unpaired) electrons. The lowest BCUT2D eigenvalue weighted by molar-refractivity contribution is 0.274. The SMILES string of the molecule is CCOc1cccc(CO)c1C(C)(C)C. The van der Waals surface area contributed by atoms with Crippen molar-refractivity contribution in [3.8, 4) is 5.75 Å². The minimum atomic E-state index is -0.0101. The van der Waals surface area contributed by atoms with Gasteiger partial charge in [0.05, 0.1) is 13.2 Å². The van der Waals surface area contributed by atoms with E-state index in [0.717, 1.165) is 16.9 Å². The van der Waals surface area contributed by atoms with Gasteiger partial charge in [0.2, 0.25) is 0 Å². The summed E-state index contributed by atoms with van der Waals surface area (Å²) < 4.78 is 5.59. The number of hydrogen-bond acceptors (Lipinski definition) is 2. The molecule has 2 heteroatoms. The Bertz CT molecular complexity index is 324. The minimum Gasteiger partial charge on any atom is -0.494 e. The molecule has 1 N–H and O–H groups in total. The number of aliphatic hydroxyl groups excluding tert-OH is 1. The van der Waals surface area contributed by atoms with Crippen LogP contribution in [-0.4, -0.2) is 11.7 Å². The Kier molecular flexibility index (Phi) is 3.75. The molecule has 2 nitrogen and oxygen atoms in total. The molecule has 0 atom stereocenters. The van der Waals surface area contributed by atoms with Crippen molar-refractivity contribution in [3.05, 3.63) is 29.3 Å². The zero-order valence-electron chi connectivity index (χ0n) is 10.0. The van der Waals surface area contributed by atoms with E-state index >= 15 is 0 Å². The number of rotatable bonds is 3.